The molecule has 1 aromatic carbocycles. The van der Waals surface area contributed by atoms with Gasteiger partial charge < -0.3 is 10.2 Å². The molecule has 1 heterocycles. The first-order valence-electron chi connectivity index (χ1n) is 8.52. The topological polar surface area (TPSA) is 15.3 Å². The number of rotatable bonds is 2. The van der Waals surface area contributed by atoms with Gasteiger partial charge in [-0.1, -0.05) is 45.9 Å². The van der Waals surface area contributed by atoms with Gasteiger partial charge in [-0.25, -0.2) is 0 Å². The molecule has 0 aromatic heterocycles. The third-order valence-corrected chi connectivity index (χ3v) is 4.65. The number of hydrogen-bond donors (Lipinski definition) is 1. The van der Waals surface area contributed by atoms with Crippen LogP contribution in [0.1, 0.15) is 59.4 Å². The highest BCUT2D eigenvalue weighted by Crippen LogP contribution is 2.32. The van der Waals surface area contributed by atoms with Gasteiger partial charge in [0.1, 0.15) is 0 Å². The Morgan fingerprint density at radius 3 is 2.48 bits per heavy atom. The summed E-state index contributed by atoms with van der Waals surface area (Å²) < 4.78 is 0. The normalized spacial score (nSPS) is 24.5. The van der Waals surface area contributed by atoms with E-state index >= 15 is 0 Å². The van der Waals surface area contributed by atoms with Crippen LogP contribution in [0.25, 0.3) is 0 Å². The Bertz CT molecular complexity index is 447. The van der Waals surface area contributed by atoms with E-state index in [1.165, 1.54) is 30.5 Å². The van der Waals surface area contributed by atoms with Crippen LogP contribution in [-0.4, -0.2) is 25.2 Å². The molecule has 0 spiro atoms. The lowest BCUT2D eigenvalue weighted by Gasteiger charge is -2.36. The highest BCUT2D eigenvalue weighted by Gasteiger charge is 2.23. The summed E-state index contributed by atoms with van der Waals surface area (Å²) >= 11 is 0. The third kappa shape index (κ3) is 4.23. The van der Waals surface area contributed by atoms with Crippen molar-refractivity contribution in [2.75, 3.05) is 18.0 Å². The van der Waals surface area contributed by atoms with E-state index < -0.39 is 0 Å². The number of para-hydroxylation sites is 1. The molecule has 1 aliphatic heterocycles. The van der Waals surface area contributed by atoms with E-state index in [2.05, 4.69) is 69.1 Å². The van der Waals surface area contributed by atoms with Crippen molar-refractivity contribution in [3.8, 4) is 0 Å². The van der Waals surface area contributed by atoms with E-state index in [0.717, 1.165) is 13.1 Å². The Kier molecular flexibility index (Phi) is 5.32. The van der Waals surface area contributed by atoms with Crippen molar-refractivity contribution in [3.05, 3.63) is 29.8 Å². The summed E-state index contributed by atoms with van der Waals surface area (Å²) in [5, 5.41) is 3.76. The molecule has 2 nitrogen and oxygen atoms in total. The van der Waals surface area contributed by atoms with Crippen LogP contribution in [0.3, 0.4) is 0 Å². The Hall–Kier alpha value is -1.02. The second kappa shape index (κ2) is 6.83. The van der Waals surface area contributed by atoms with Crippen LogP contribution in [-0.2, 0) is 5.41 Å². The molecule has 1 N–H and O–H groups in total. The van der Waals surface area contributed by atoms with Crippen LogP contribution < -0.4 is 10.2 Å². The summed E-state index contributed by atoms with van der Waals surface area (Å²) in [6.07, 6.45) is 3.67. The molecular formula is C19H32N2. The highest BCUT2D eigenvalue weighted by molar-refractivity contribution is 5.56. The van der Waals surface area contributed by atoms with E-state index in [4.69, 9.17) is 0 Å². The van der Waals surface area contributed by atoms with Gasteiger partial charge in [0.25, 0.3) is 0 Å². The molecule has 0 amide bonds. The Morgan fingerprint density at radius 1 is 1.14 bits per heavy atom. The first-order valence-corrected chi connectivity index (χ1v) is 8.52. The monoisotopic (exact) mass is 288 g/mol. The maximum atomic E-state index is 3.76. The van der Waals surface area contributed by atoms with Gasteiger partial charge in [0.2, 0.25) is 0 Å². The first kappa shape index (κ1) is 16.4. The van der Waals surface area contributed by atoms with Crippen molar-refractivity contribution in [2.45, 2.75) is 71.4 Å². The quantitative estimate of drug-likeness (QED) is 0.871. The molecule has 0 radical (unpaired) electrons. The maximum absolute atomic E-state index is 3.76. The standard InChI is InChI=1S/C19H32N2/c1-6-16-12-14-21(13-11-15(2)20-16)18-10-8-7-9-17(18)19(3,4)5/h7-10,15-16,20H,6,11-14H2,1-5H3. The van der Waals surface area contributed by atoms with E-state index in [0.29, 0.717) is 12.1 Å². The highest BCUT2D eigenvalue weighted by atomic mass is 15.1. The zero-order valence-corrected chi connectivity index (χ0v) is 14.4. The van der Waals surface area contributed by atoms with Gasteiger partial charge in [0.15, 0.2) is 0 Å². The van der Waals surface area contributed by atoms with Gasteiger partial charge in [-0.05, 0) is 43.2 Å². The molecule has 0 saturated carbocycles. The number of benzene rings is 1. The molecule has 2 heteroatoms. The van der Waals surface area contributed by atoms with Crippen LogP contribution in [0.2, 0.25) is 0 Å². The van der Waals surface area contributed by atoms with Gasteiger partial charge in [-0.15, -0.1) is 0 Å². The van der Waals surface area contributed by atoms with Gasteiger partial charge in [-0.2, -0.15) is 0 Å². The largest absolute Gasteiger partial charge is 0.371 e. The molecule has 1 saturated heterocycles. The minimum atomic E-state index is 0.201. The molecule has 0 aliphatic carbocycles. The van der Waals surface area contributed by atoms with Crippen LogP contribution in [0.4, 0.5) is 5.69 Å². The Balaban J connectivity index is 2.24. The molecule has 2 unspecified atom stereocenters. The predicted molar refractivity (Wildman–Crippen MR) is 93.3 cm³/mol. The van der Waals surface area contributed by atoms with Crippen molar-refractivity contribution >= 4 is 5.69 Å². The van der Waals surface area contributed by atoms with E-state index in [1.807, 2.05) is 0 Å². The summed E-state index contributed by atoms with van der Waals surface area (Å²) in [6.45, 7) is 13.9. The fourth-order valence-electron chi connectivity index (χ4n) is 3.29. The van der Waals surface area contributed by atoms with E-state index in [1.54, 1.807) is 0 Å². The van der Waals surface area contributed by atoms with Crippen molar-refractivity contribution in [1.29, 1.82) is 0 Å². The van der Waals surface area contributed by atoms with Crippen LogP contribution >= 0.6 is 0 Å². The van der Waals surface area contributed by atoms with Crippen molar-refractivity contribution in [3.63, 3.8) is 0 Å². The van der Waals surface area contributed by atoms with Gasteiger partial charge in [0.05, 0.1) is 0 Å². The predicted octanol–water partition coefficient (Wildman–Crippen LogP) is 4.34. The molecule has 21 heavy (non-hydrogen) atoms. The van der Waals surface area contributed by atoms with Crippen molar-refractivity contribution in [1.82, 2.24) is 5.32 Å². The van der Waals surface area contributed by atoms with Crippen LogP contribution in [0.5, 0.6) is 0 Å². The average molecular weight is 288 g/mol. The molecule has 2 atom stereocenters. The average Bonchev–Trinajstić information content (AvgIpc) is 2.42. The zero-order chi connectivity index (χ0) is 15.5. The second-order valence-corrected chi connectivity index (χ2v) is 7.50. The van der Waals surface area contributed by atoms with Gasteiger partial charge >= 0.3 is 0 Å². The van der Waals surface area contributed by atoms with E-state index in [9.17, 15) is 0 Å². The Labute approximate surface area is 130 Å². The lowest BCUT2D eigenvalue weighted by atomic mass is 9.85. The molecule has 1 aliphatic rings. The second-order valence-electron chi connectivity index (χ2n) is 7.50. The minimum absolute atomic E-state index is 0.201. The maximum Gasteiger partial charge on any atom is 0.0404 e. The molecule has 118 valence electrons. The van der Waals surface area contributed by atoms with Crippen molar-refractivity contribution in [2.24, 2.45) is 0 Å². The lowest BCUT2D eigenvalue weighted by molar-refractivity contribution is 0.378. The molecule has 0 bridgehead atoms. The minimum Gasteiger partial charge on any atom is -0.371 e. The van der Waals surface area contributed by atoms with Gasteiger partial charge in [-0.3, -0.25) is 0 Å². The Morgan fingerprint density at radius 2 is 1.81 bits per heavy atom. The molecule has 2 rings (SSSR count). The summed E-state index contributed by atoms with van der Waals surface area (Å²) in [7, 11) is 0. The smallest absolute Gasteiger partial charge is 0.0404 e. The molecular weight excluding hydrogens is 256 g/mol. The van der Waals surface area contributed by atoms with Gasteiger partial charge in [0, 0.05) is 30.9 Å². The molecule has 1 fully saturated rings. The summed E-state index contributed by atoms with van der Waals surface area (Å²) in [5.41, 5.74) is 3.11. The number of nitrogens with zero attached hydrogens (tertiary/aromatic N) is 1. The molecule has 1 aromatic rings. The van der Waals surface area contributed by atoms with Crippen LogP contribution in [0, 0.1) is 0 Å². The summed E-state index contributed by atoms with van der Waals surface area (Å²) in [5.74, 6) is 0. The number of nitrogens with one attached hydrogen (secondary N) is 1. The number of hydrogen-bond acceptors (Lipinski definition) is 2. The third-order valence-electron chi connectivity index (χ3n) is 4.65. The van der Waals surface area contributed by atoms with Crippen molar-refractivity contribution < 1.29 is 0 Å². The SMILES string of the molecule is CCC1CCN(c2ccccc2C(C)(C)C)CCC(C)N1. The fourth-order valence-corrected chi connectivity index (χ4v) is 3.29. The summed E-state index contributed by atoms with van der Waals surface area (Å²) in [4.78, 5) is 2.61. The summed E-state index contributed by atoms with van der Waals surface area (Å²) in [6, 6.07) is 10.2. The fraction of sp³-hybridized carbons (Fsp3) is 0.684. The van der Waals surface area contributed by atoms with E-state index in [-0.39, 0.29) is 5.41 Å². The first-order chi connectivity index (χ1) is 9.91. The zero-order valence-electron chi connectivity index (χ0n) is 14.4. The number of anilines is 1. The lowest BCUT2D eigenvalue weighted by Crippen LogP contribution is -2.44. The van der Waals surface area contributed by atoms with Crippen LogP contribution in [0.15, 0.2) is 24.3 Å².